The molecule has 0 aliphatic carbocycles. The quantitative estimate of drug-likeness (QED) is 0.740. The zero-order valence-electron chi connectivity index (χ0n) is 12.1. The van der Waals surface area contributed by atoms with Crippen LogP contribution in [0.1, 0.15) is 5.56 Å². The van der Waals surface area contributed by atoms with Crippen LogP contribution in [0.3, 0.4) is 0 Å². The van der Waals surface area contributed by atoms with Crippen LogP contribution >= 0.6 is 11.6 Å². The van der Waals surface area contributed by atoms with Crippen LogP contribution in [0.2, 0.25) is 5.02 Å². The molecule has 0 amide bonds. The molecule has 1 heterocycles. The minimum atomic E-state index is 0.0105. The van der Waals surface area contributed by atoms with Gasteiger partial charge in [-0.2, -0.15) is 0 Å². The Kier molecular flexibility index (Phi) is 3.54. The van der Waals surface area contributed by atoms with Gasteiger partial charge in [0.15, 0.2) is 11.5 Å². The summed E-state index contributed by atoms with van der Waals surface area (Å²) in [6.45, 7) is 1.95. The van der Waals surface area contributed by atoms with Gasteiger partial charge in [-0.05, 0) is 30.7 Å². The normalized spacial score (nSPS) is 10.9. The maximum Gasteiger partial charge on any atom is 0.161 e. The monoisotopic (exact) mass is 315 g/mol. The lowest BCUT2D eigenvalue weighted by Gasteiger charge is -2.11. The minimum Gasteiger partial charge on any atom is -0.506 e. The number of benzene rings is 2. The Labute approximate surface area is 132 Å². The molecule has 3 aromatic rings. The third-order valence-electron chi connectivity index (χ3n) is 3.57. The van der Waals surface area contributed by atoms with Gasteiger partial charge in [-0.25, -0.2) is 4.98 Å². The minimum absolute atomic E-state index is 0.0105. The number of phenols is 2. The van der Waals surface area contributed by atoms with E-state index in [2.05, 4.69) is 4.98 Å². The zero-order valence-corrected chi connectivity index (χ0v) is 12.8. The van der Waals surface area contributed by atoms with E-state index in [0.717, 1.165) is 10.9 Å². The van der Waals surface area contributed by atoms with Gasteiger partial charge in [0.1, 0.15) is 5.75 Å². The third kappa shape index (κ3) is 2.31. The molecule has 2 N–H and O–H groups in total. The van der Waals surface area contributed by atoms with Crippen molar-refractivity contribution in [2.24, 2.45) is 0 Å². The summed E-state index contributed by atoms with van der Waals surface area (Å²) in [6, 6.07) is 10.2. The van der Waals surface area contributed by atoms with Crippen molar-refractivity contribution in [2.45, 2.75) is 6.92 Å². The first-order valence-corrected chi connectivity index (χ1v) is 7.05. The van der Waals surface area contributed by atoms with E-state index in [0.29, 0.717) is 22.5 Å². The second kappa shape index (κ2) is 5.39. The van der Waals surface area contributed by atoms with E-state index in [4.69, 9.17) is 16.3 Å². The number of methoxy groups -OCH3 is 1. The summed E-state index contributed by atoms with van der Waals surface area (Å²) in [7, 11) is 1.50. The van der Waals surface area contributed by atoms with Crippen LogP contribution in [-0.2, 0) is 0 Å². The Morgan fingerprint density at radius 1 is 1.09 bits per heavy atom. The van der Waals surface area contributed by atoms with Crippen molar-refractivity contribution in [3.05, 3.63) is 47.0 Å². The van der Waals surface area contributed by atoms with E-state index in [-0.39, 0.29) is 16.5 Å². The highest BCUT2D eigenvalue weighted by molar-refractivity contribution is 6.34. The van der Waals surface area contributed by atoms with Crippen molar-refractivity contribution in [2.75, 3.05) is 7.11 Å². The topological polar surface area (TPSA) is 62.6 Å². The fourth-order valence-electron chi connectivity index (χ4n) is 2.43. The summed E-state index contributed by atoms with van der Waals surface area (Å²) >= 11 is 6.15. The molecule has 0 atom stereocenters. The predicted octanol–water partition coefficient (Wildman–Crippen LogP) is 4.28. The molecule has 0 saturated carbocycles. The van der Waals surface area contributed by atoms with Gasteiger partial charge < -0.3 is 14.9 Å². The first kappa shape index (κ1) is 14.5. The smallest absolute Gasteiger partial charge is 0.161 e. The molecule has 3 rings (SSSR count). The highest BCUT2D eigenvalue weighted by Crippen LogP contribution is 2.37. The predicted molar refractivity (Wildman–Crippen MR) is 86.8 cm³/mol. The van der Waals surface area contributed by atoms with Crippen molar-refractivity contribution >= 4 is 22.5 Å². The van der Waals surface area contributed by atoms with E-state index in [9.17, 15) is 10.2 Å². The molecule has 0 saturated heterocycles. The number of aryl methyl sites for hydroxylation is 1. The van der Waals surface area contributed by atoms with E-state index in [1.807, 2.05) is 13.0 Å². The van der Waals surface area contributed by atoms with Crippen LogP contribution < -0.4 is 4.74 Å². The Bertz CT molecular complexity index is 877. The fourth-order valence-corrected chi connectivity index (χ4v) is 2.65. The number of fused-ring (bicyclic) bond motifs is 1. The third-order valence-corrected chi connectivity index (χ3v) is 3.97. The van der Waals surface area contributed by atoms with Crippen molar-refractivity contribution < 1.29 is 14.9 Å². The van der Waals surface area contributed by atoms with Crippen LogP contribution in [-0.4, -0.2) is 22.3 Å². The summed E-state index contributed by atoms with van der Waals surface area (Å²) in [4.78, 5) is 4.53. The number of hydrogen-bond acceptors (Lipinski definition) is 4. The van der Waals surface area contributed by atoms with Crippen LogP contribution in [0.15, 0.2) is 36.4 Å². The average Bonchev–Trinajstić information content (AvgIpc) is 2.49. The number of hydrogen-bond donors (Lipinski definition) is 2. The van der Waals surface area contributed by atoms with E-state index >= 15 is 0 Å². The molecular weight excluding hydrogens is 302 g/mol. The van der Waals surface area contributed by atoms with Crippen LogP contribution in [0.4, 0.5) is 0 Å². The first-order valence-electron chi connectivity index (χ1n) is 6.67. The molecule has 5 heteroatoms. The fraction of sp³-hybridized carbons (Fsp3) is 0.118. The number of aromatic nitrogens is 1. The highest BCUT2D eigenvalue weighted by Gasteiger charge is 2.13. The van der Waals surface area contributed by atoms with Crippen LogP contribution in [0, 0.1) is 6.92 Å². The number of aromatic hydroxyl groups is 2. The van der Waals surface area contributed by atoms with Crippen molar-refractivity contribution in [1.29, 1.82) is 0 Å². The van der Waals surface area contributed by atoms with Crippen LogP contribution in [0.25, 0.3) is 22.2 Å². The lowest BCUT2D eigenvalue weighted by Crippen LogP contribution is -1.92. The summed E-state index contributed by atoms with van der Waals surface area (Å²) in [6.07, 6.45) is 0. The average molecular weight is 316 g/mol. The Balaban J connectivity index is 2.27. The Morgan fingerprint density at radius 2 is 1.86 bits per heavy atom. The summed E-state index contributed by atoms with van der Waals surface area (Å²) in [5.74, 6) is 0.442. The van der Waals surface area contributed by atoms with Gasteiger partial charge >= 0.3 is 0 Å². The van der Waals surface area contributed by atoms with Gasteiger partial charge in [-0.15, -0.1) is 0 Å². The van der Waals surface area contributed by atoms with Gasteiger partial charge in [0.25, 0.3) is 0 Å². The molecule has 0 radical (unpaired) electrons. The largest absolute Gasteiger partial charge is 0.506 e. The zero-order chi connectivity index (χ0) is 15.9. The lowest BCUT2D eigenvalue weighted by atomic mass is 10.0. The summed E-state index contributed by atoms with van der Waals surface area (Å²) < 4.78 is 5.13. The van der Waals surface area contributed by atoms with E-state index < -0.39 is 0 Å². The van der Waals surface area contributed by atoms with Gasteiger partial charge in [-0.3, -0.25) is 0 Å². The maximum atomic E-state index is 9.93. The van der Waals surface area contributed by atoms with Crippen molar-refractivity contribution in [3.63, 3.8) is 0 Å². The number of ether oxygens (including phenoxy) is 1. The second-order valence-electron chi connectivity index (χ2n) is 5.00. The number of phenolic OH excluding ortho intramolecular Hbond substituents is 2. The van der Waals surface area contributed by atoms with Gasteiger partial charge in [0.05, 0.1) is 23.3 Å². The van der Waals surface area contributed by atoms with Gasteiger partial charge in [0.2, 0.25) is 0 Å². The SMILES string of the molecule is COc1cc2c(C)cc(-c3cccc(O)c3Cl)nc2cc1O. The number of nitrogens with zero attached hydrogens (tertiary/aromatic N) is 1. The van der Waals surface area contributed by atoms with Gasteiger partial charge in [0, 0.05) is 17.0 Å². The number of rotatable bonds is 2. The Morgan fingerprint density at radius 3 is 2.59 bits per heavy atom. The molecule has 0 bridgehead atoms. The molecule has 22 heavy (non-hydrogen) atoms. The standard InChI is InChI=1S/C17H14ClNO3/c1-9-6-12(10-4-3-5-14(20)17(10)18)19-13-8-15(21)16(22-2)7-11(9)13/h3-8,20-21H,1-2H3. The summed E-state index contributed by atoms with van der Waals surface area (Å²) in [5, 5.41) is 20.8. The van der Waals surface area contributed by atoms with E-state index in [1.54, 1.807) is 24.3 Å². The first-order chi connectivity index (χ1) is 10.5. The molecule has 0 fully saturated rings. The molecule has 0 aliphatic heterocycles. The molecule has 0 aliphatic rings. The molecule has 4 nitrogen and oxygen atoms in total. The molecule has 1 aromatic heterocycles. The highest BCUT2D eigenvalue weighted by atomic mass is 35.5. The second-order valence-corrected chi connectivity index (χ2v) is 5.38. The molecule has 2 aromatic carbocycles. The molecule has 112 valence electrons. The van der Waals surface area contributed by atoms with E-state index in [1.165, 1.54) is 13.2 Å². The van der Waals surface area contributed by atoms with Crippen molar-refractivity contribution in [1.82, 2.24) is 4.98 Å². The van der Waals surface area contributed by atoms with Gasteiger partial charge in [-0.1, -0.05) is 23.7 Å². The maximum absolute atomic E-state index is 9.93. The van der Waals surface area contributed by atoms with Crippen molar-refractivity contribution in [3.8, 4) is 28.5 Å². The van der Waals surface area contributed by atoms with Crippen LogP contribution in [0.5, 0.6) is 17.2 Å². The summed E-state index contributed by atoms with van der Waals surface area (Å²) in [5.41, 5.74) is 2.88. The number of halogens is 1. The number of pyridine rings is 1. The Hall–Kier alpha value is -2.46. The molecule has 0 spiro atoms. The molecule has 0 unspecified atom stereocenters. The lowest BCUT2D eigenvalue weighted by molar-refractivity contribution is 0.374. The molecular formula is C17H14ClNO3.